The number of nitrogens with one attached hydrogen (secondary N) is 1. The van der Waals surface area contributed by atoms with Crippen LogP contribution in [0.1, 0.15) is 11.3 Å². The second kappa shape index (κ2) is 4.38. The summed E-state index contributed by atoms with van der Waals surface area (Å²) < 4.78 is 5.99. The van der Waals surface area contributed by atoms with Crippen LogP contribution in [0.5, 0.6) is 0 Å². The standard InChI is InChI=1S/C20H15NO/c1-3-7-15-13(5-1)9-10-17-16(15)12-18(21-17)20-11-14-6-2-4-8-19(14)22-20/h1-8,11-12,21H,9-10H2. The van der Waals surface area contributed by atoms with E-state index < -0.39 is 0 Å². The quantitative estimate of drug-likeness (QED) is 0.512. The Morgan fingerprint density at radius 3 is 2.64 bits per heavy atom. The summed E-state index contributed by atoms with van der Waals surface area (Å²) in [5, 5.41) is 1.14. The van der Waals surface area contributed by atoms with Gasteiger partial charge >= 0.3 is 0 Å². The van der Waals surface area contributed by atoms with E-state index in [1.807, 2.05) is 18.2 Å². The van der Waals surface area contributed by atoms with Crippen LogP contribution >= 0.6 is 0 Å². The van der Waals surface area contributed by atoms with Gasteiger partial charge in [-0.1, -0.05) is 42.5 Å². The van der Waals surface area contributed by atoms with Crippen LogP contribution in [0.15, 0.2) is 65.1 Å². The molecule has 0 saturated heterocycles. The van der Waals surface area contributed by atoms with Gasteiger partial charge in [-0.25, -0.2) is 0 Å². The Kier molecular flexibility index (Phi) is 2.36. The number of aryl methyl sites for hydroxylation is 2. The molecule has 2 heteroatoms. The third kappa shape index (κ3) is 1.67. The van der Waals surface area contributed by atoms with Crippen LogP contribution in [0, 0.1) is 0 Å². The van der Waals surface area contributed by atoms with Gasteiger partial charge in [-0.15, -0.1) is 0 Å². The van der Waals surface area contributed by atoms with Crippen LogP contribution in [-0.4, -0.2) is 4.98 Å². The van der Waals surface area contributed by atoms with Crippen LogP contribution < -0.4 is 0 Å². The molecule has 0 fully saturated rings. The van der Waals surface area contributed by atoms with Crippen molar-refractivity contribution in [2.75, 3.05) is 0 Å². The molecule has 2 heterocycles. The Bertz CT molecular complexity index is 957. The molecular weight excluding hydrogens is 270 g/mol. The van der Waals surface area contributed by atoms with Gasteiger partial charge in [-0.05, 0) is 42.2 Å². The first-order chi connectivity index (χ1) is 10.9. The smallest absolute Gasteiger partial charge is 0.151 e. The number of para-hydroxylation sites is 1. The highest BCUT2D eigenvalue weighted by Gasteiger charge is 2.19. The second-order valence-electron chi connectivity index (χ2n) is 5.88. The van der Waals surface area contributed by atoms with Gasteiger partial charge in [0.1, 0.15) is 5.58 Å². The van der Waals surface area contributed by atoms with Crippen LogP contribution in [0.2, 0.25) is 0 Å². The average Bonchev–Trinajstić information content (AvgIpc) is 3.18. The minimum Gasteiger partial charge on any atom is -0.455 e. The summed E-state index contributed by atoms with van der Waals surface area (Å²) in [5.41, 5.74) is 7.42. The summed E-state index contributed by atoms with van der Waals surface area (Å²) >= 11 is 0. The number of H-pyrrole nitrogens is 1. The summed E-state index contributed by atoms with van der Waals surface area (Å²) in [4.78, 5) is 3.56. The summed E-state index contributed by atoms with van der Waals surface area (Å²) in [6.45, 7) is 0. The first-order valence-corrected chi connectivity index (χ1v) is 7.67. The molecule has 1 aliphatic rings. The zero-order valence-corrected chi connectivity index (χ0v) is 12.1. The van der Waals surface area contributed by atoms with E-state index in [0.717, 1.165) is 35.3 Å². The van der Waals surface area contributed by atoms with Crippen LogP contribution in [-0.2, 0) is 12.8 Å². The number of aromatic nitrogens is 1. The second-order valence-corrected chi connectivity index (χ2v) is 5.88. The maximum absolute atomic E-state index is 5.99. The molecule has 0 saturated carbocycles. The molecular formula is C20H15NO. The fraction of sp³-hybridized carbons (Fsp3) is 0.100. The zero-order chi connectivity index (χ0) is 14.5. The van der Waals surface area contributed by atoms with E-state index >= 15 is 0 Å². The van der Waals surface area contributed by atoms with Gasteiger partial charge in [0.05, 0.1) is 5.69 Å². The number of aromatic amines is 1. The third-order valence-electron chi connectivity index (χ3n) is 4.54. The van der Waals surface area contributed by atoms with Crippen molar-refractivity contribution >= 4 is 11.0 Å². The minimum atomic E-state index is 0.910. The van der Waals surface area contributed by atoms with Gasteiger partial charge in [0.15, 0.2) is 5.76 Å². The summed E-state index contributed by atoms with van der Waals surface area (Å²) in [7, 11) is 0. The highest BCUT2D eigenvalue weighted by atomic mass is 16.3. The molecule has 0 bridgehead atoms. The fourth-order valence-corrected chi connectivity index (χ4v) is 3.44. The Morgan fingerprint density at radius 1 is 0.818 bits per heavy atom. The van der Waals surface area contributed by atoms with Crippen LogP contribution in [0.4, 0.5) is 0 Å². The van der Waals surface area contributed by atoms with Gasteiger partial charge in [0, 0.05) is 16.6 Å². The Balaban J connectivity index is 1.68. The maximum atomic E-state index is 5.99. The zero-order valence-electron chi connectivity index (χ0n) is 12.1. The molecule has 0 atom stereocenters. The number of fused-ring (bicyclic) bond motifs is 4. The van der Waals surface area contributed by atoms with Crippen molar-refractivity contribution in [3.63, 3.8) is 0 Å². The van der Waals surface area contributed by atoms with Gasteiger partial charge in [0.2, 0.25) is 0 Å². The van der Waals surface area contributed by atoms with E-state index in [4.69, 9.17) is 4.42 Å². The lowest BCUT2D eigenvalue weighted by Gasteiger charge is -2.15. The number of furan rings is 1. The predicted octanol–water partition coefficient (Wildman–Crippen LogP) is 5.19. The van der Waals surface area contributed by atoms with Crippen molar-refractivity contribution in [3.05, 3.63) is 71.9 Å². The summed E-state index contributed by atoms with van der Waals surface area (Å²) in [6.07, 6.45) is 2.16. The SMILES string of the molecule is c1ccc2c(c1)CCc1[nH]c(-c3cc4ccccc4o3)cc1-2. The lowest BCUT2D eigenvalue weighted by Crippen LogP contribution is -2.02. The van der Waals surface area contributed by atoms with E-state index in [1.54, 1.807) is 0 Å². The normalized spacial score (nSPS) is 13.1. The lowest BCUT2D eigenvalue weighted by atomic mass is 9.90. The van der Waals surface area contributed by atoms with Crippen LogP contribution in [0.3, 0.4) is 0 Å². The summed E-state index contributed by atoms with van der Waals surface area (Å²) in [5.74, 6) is 0.910. The Labute approximate surface area is 128 Å². The van der Waals surface area contributed by atoms with E-state index in [-0.39, 0.29) is 0 Å². The van der Waals surface area contributed by atoms with Crippen LogP contribution in [0.25, 0.3) is 33.6 Å². The highest BCUT2D eigenvalue weighted by molar-refractivity contribution is 5.84. The van der Waals surface area contributed by atoms with E-state index in [2.05, 4.69) is 47.4 Å². The molecule has 5 rings (SSSR count). The number of hydrogen-bond acceptors (Lipinski definition) is 1. The maximum Gasteiger partial charge on any atom is 0.151 e. The van der Waals surface area contributed by atoms with Crippen molar-refractivity contribution in [2.45, 2.75) is 12.8 Å². The van der Waals surface area contributed by atoms with Crippen molar-refractivity contribution < 1.29 is 4.42 Å². The number of benzene rings is 2. The monoisotopic (exact) mass is 285 g/mol. The first-order valence-electron chi connectivity index (χ1n) is 7.67. The third-order valence-corrected chi connectivity index (χ3v) is 4.54. The molecule has 0 amide bonds. The largest absolute Gasteiger partial charge is 0.455 e. The average molecular weight is 285 g/mol. The number of rotatable bonds is 1. The molecule has 106 valence electrons. The molecule has 2 aromatic carbocycles. The Morgan fingerprint density at radius 2 is 1.68 bits per heavy atom. The van der Waals surface area contributed by atoms with Crippen molar-refractivity contribution in [1.82, 2.24) is 4.98 Å². The van der Waals surface area contributed by atoms with Crippen molar-refractivity contribution in [2.24, 2.45) is 0 Å². The molecule has 22 heavy (non-hydrogen) atoms. The van der Waals surface area contributed by atoms with E-state index in [0.29, 0.717) is 0 Å². The molecule has 0 aliphatic heterocycles. The molecule has 1 aliphatic carbocycles. The van der Waals surface area contributed by atoms with Gasteiger partial charge in [-0.3, -0.25) is 0 Å². The molecule has 0 spiro atoms. The predicted molar refractivity (Wildman–Crippen MR) is 88.8 cm³/mol. The number of hydrogen-bond donors (Lipinski definition) is 1. The lowest BCUT2D eigenvalue weighted by molar-refractivity contribution is 0.629. The highest BCUT2D eigenvalue weighted by Crippen LogP contribution is 2.37. The molecule has 2 aromatic heterocycles. The van der Waals surface area contributed by atoms with E-state index in [9.17, 15) is 0 Å². The molecule has 1 N–H and O–H groups in total. The van der Waals surface area contributed by atoms with Gasteiger partial charge < -0.3 is 9.40 Å². The van der Waals surface area contributed by atoms with Gasteiger partial charge in [0.25, 0.3) is 0 Å². The topological polar surface area (TPSA) is 28.9 Å². The van der Waals surface area contributed by atoms with E-state index in [1.165, 1.54) is 22.4 Å². The van der Waals surface area contributed by atoms with Gasteiger partial charge in [-0.2, -0.15) is 0 Å². The molecule has 0 unspecified atom stereocenters. The van der Waals surface area contributed by atoms with Crippen molar-refractivity contribution in [1.29, 1.82) is 0 Å². The molecule has 4 aromatic rings. The summed E-state index contributed by atoms with van der Waals surface area (Å²) in [6, 6.07) is 21.2. The minimum absolute atomic E-state index is 0.910. The molecule has 0 radical (unpaired) electrons. The molecule has 2 nitrogen and oxygen atoms in total. The van der Waals surface area contributed by atoms with Crippen molar-refractivity contribution in [3.8, 4) is 22.6 Å². The fourth-order valence-electron chi connectivity index (χ4n) is 3.44. The Hall–Kier alpha value is -2.74. The first kappa shape index (κ1) is 11.9.